The van der Waals surface area contributed by atoms with Gasteiger partial charge in [0.1, 0.15) is 13.2 Å². The lowest BCUT2D eigenvalue weighted by molar-refractivity contribution is -0.146. The number of unbranched alkanes of at least 4 members (excludes halogenated alkanes) is 5. The van der Waals surface area contributed by atoms with Crippen LogP contribution < -0.4 is 0 Å². The van der Waals surface area contributed by atoms with Crippen molar-refractivity contribution >= 4 is 12.1 Å². The first kappa shape index (κ1) is 14.8. The molecule has 0 N–H and O–H groups in total. The van der Waals surface area contributed by atoms with Crippen LogP contribution in [0.2, 0.25) is 0 Å². The van der Waals surface area contributed by atoms with Crippen molar-refractivity contribution in [2.75, 3.05) is 13.2 Å². The molecule has 0 bridgehead atoms. The van der Waals surface area contributed by atoms with Crippen molar-refractivity contribution < 1.29 is 23.8 Å². The zero-order valence-electron chi connectivity index (χ0n) is 11.0. The zero-order valence-corrected chi connectivity index (χ0v) is 11.0. The van der Waals surface area contributed by atoms with Crippen molar-refractivity contribution in [3.8, 4) is 0 Å². The van der Waals surface area contributed by atoms with Gasteiger partial charge in [0.2, 0.25) is 0 Å². The maximum absolute atomic E-state index is 11.4. The minimum absolute atomic E-state index is 0.0976. The first-order valence-corrected chi connectivity index (χ1v) is 6.71. The van der Waals surface area contributed by atoms with E-state index in [-0.39, 0.29) is 19.2 Å². The van der Waals surface area contributed by atoms with Gasteiger partial charge in [-0.3, -0.25) is 4.79 Å². The fraction of sp³-hybridized carbons (Fsp3) is 0.846. The number of carbonyl (C=O) groups excluding carboxylic acids is 2. The molecule has 18 heavy (non-hydrogen) atoms. The van der Waals surface area contributed by atoms with Crippen LogP contribution in [0, 0.1) is 0 Å². The number of hydrogen-bond acceptors (Lipinski definition) is 5. The van der Waals surface area contributed by atoms with Crippen molar-refractivity contribution in [3.63, 3.8) is 0 Å². The molecule has 0 radical (unpaired) electrons. The van der Waals surface area contributed by atoms with E-state index in [1.54, 1.807) is 0 Å². The Labute approximate surface area is 108 Å². The van der Waals surface area contributed by atoms with Gasteiger partial charge in [-0.15, -0.1) is 0 Å². The van der Waals surface area contributed by atoms with Crippen LogP contribution in [0.1, 0.15) is 51.9 Å². The predicted molar refractivity (Wildman–Crippen MR) is 65.2 cm³/mol. The molecule has 0 aromatic rings. The van der Waals surface area contributed by atoms with Crippen molar-refractivity contribution in [1.29, 1.82) is 0 Å². The quantitative estimate of drug-likeness (QED) is 0.470. The van der Waals surface area contributed by atoms with E-state index in [0.29, 0.717) is 6.42 Å². The Hall–Kier alpha value is -1.26. The number of ether oxygens (including phenoxy) is 3. The molecule has 5 nitrogen and oxygen atoms in total. The molecule has 0 aromatic heterocycles. The number of cyclic esters (lactones) is 2. The topological polar surface area (TPSA) is 61.8 Å². The smallest absolute Gasteiger partial charge is 0.462 e. The Morgan fingerprint density at radius 2 is 2.00 bits per heavy atom. The van der Waals surface area contributed by atoms with Crippen LogP contribution in [0.25, 0.3) is 0 Å². The third-order valence-corrected chi connectivity index (χ3v) is 2.81. The van der Waals surface area contributed by atoms with Crippen LogP contribution in [-0.2, 0) is 19.0 Å². The standard InChI is InChI=1S/C13H22O5/c1-2-3-4-5-6-7-8-12(14)16-9-11-10-17-13(15)18-11/h11H,2-10H2,1H3. The van der Waals surface area contributed by atoms with E-state index in [9.17, 15) is 9.59 Å². The molecule has 104 valence electrons. The summed E-state index contributed by atoms with van der Waals surface area (Å²) in [6, 6.07) is 0. The van der Waals surface area contributed by atoms with Gasteiger partial charge >= 0.3 is 12.1 Å². The van der Waals surface area contributed by atoms with Gasteiger partial charge < -0.3 is 14.2 Å². The molecule has 1 saturated heterocycles. The minimum atomic E-state index is -0.688. The van der Waals surface area contributed by atoms with Crippen LogP contribution in [0.5, 0.6) is 0 Å². The summed E-state index contributed by atoms with van der Waals surface area (Å²) in [7, 11) is 0. The van der Waals surface area contributed by atoms with E-state index < -0.39 is 12.3 Å². The summed E-state index contributed by atoms with van der Waals surface area (Å²) in [6.07, 6.45) is 6.14. The van der Waals surface area contributed by atoms with E-state index >= 15 is 0 Å². The molecule has 1 aliphatic rings. The van der Waals surface area contributed by atoms with Gasteiger partial charge in [-0.05, 0) is 6.42 Å². The van der Waals surface area contributed by atoms with Gasteiger partial charge in [-0.25, -0.2) is 4.79 Å². The van der Waals surface area contributed by atoms with Gasteiger partial charge in [-0.2, -0.15) is 0 Å². The Bertz CT molecular complexity index is 264. The van der Waals surface area contributed by atoms with Gasteiger partial charge in [0.15, 0.2) is 6.10 Å². The average molecular weight is 258 g/mol. The first-order valence-electron chi connectivity index (χ1n) is 6.71. The second-order valence-corrected chi connectivity index (χ2v) is 4.50. The number of rotatable bonds is 9. The molecule has 0 spiro atoms. The third-order valence-electron chi connectivity index (χ3n) is 2.81. The van der Waals surface area contributed by atoms with Crippen molar-refractivity contribution in [2.45, 2.75) is 58.0 Å². The Morgan fingerprint density at radius 3 is 2.67 bits per heavy atom. The van der Waals surface area contributed by atoms with Crippen LogP contribution >= 0.6 is 0 Å². The van der Waals surface area contributed by atoms with E-state index in [1.165, 1.54) is 25.7 Å². The van der Waals surface area contributed by atoms with Crippen LogP contribution in [0.3, 0.4) is 0 Å². The number of carbonyl (C=O) groups is 2. The predicted octanol–water partition coefficient (Wildman–Crippen LogP) is 2.82. The molecule has 5 heteroatoms. The molecule has 1 atom stereocenters. The summed E-state index contributed by atoms with van der Waals surface area (Å²) in [5.74, 6) is -0.228. The molecule has 1 fully saturated rings. The molecule has 0 aromatic carbocycles. The highest BCUT2D eigenvalue weighted by atomic mass is 16.8. The molecule has 0 aliphatic carbocycles. The molecule has 0 amide bonds. The van der Waals surface area contributed by atoms with Crippen LogP contribution in [0.15, 0.2) is 0 Å². The lowest BCUT2D eigenvalue weighted by Crippen LogP contribution is -2.20. The zero-order chi connectivity index (χ0) is 13.2. The Kier molecular flexibility index (Phi) is 7.22. The van der Waals surface area contributed by atoms with Crippen molar-refractivity contribution in [1.82, 2.24) is 0 Å². The molecule has 1 heterocycles. The van der Waals surface area contributed by atoms with Gasteiger partial charge in [0.05, 0.1) is 0 Å². The number of esters is 1. The Morgan fingerprint density at radius 1 is 1.28 bits per heavy atom. The van der Waals surface area contributed by atoms with E-state index in [4.69, 9.17) is 9.47 Å². The monoisotopic (exact) mass is 258 g/mol. The lowest BCUT2D eigenvalue weighted by atomic mass is 10.1. The SMILES string of the molecule is CCCCCCCCC(=O)OCC1COC(=O)O1. The van der Waals surface area contributed by atoms with E-state index in [2.05, 4.69) is 11.7 Å². The molecular weight excluding hydrogens is 236 g/mol. The number of hydrogen-bond donors (Lipinski definition) is 0. The highest BCUT2D eigenvalue weighted by molar-refractivity contribution is 5.69. The molecule has 1 rings (SSSR count). The second-order valence-electron chi connectivity index (χ2n) is 4.50. The van der Waals surface area contributed by atoms with Gasteiger partial charge in [-0.1, -0.05) is 39.0 Å². The largest absolute Gasteiger partial charge is 0.508 e. The fourth-order valence-corrected chi connectivity index (χ4v) is 1.75. The maximum Gasteiger partial charge on any atom is 0.508 e. The first-order chi connectivity index (χ1) is 8.72. The fourth-order valence-electron chi connectivity index (χ4n) is 1.75. The molecule has 1 unspecified atom stereocenters. The lowest BCUT2D eigenvalue weighted by Gasteiger charge is -2.07. The second kappa shape index (κ2) is 8.78. The van der Waals surface area contributed by atoms with Crippen LogP contribution in [-0.4, -0.2) is 31.4 Å². The van der Waals surface area contributed by atoms with Crippen LogP contribution in [0.4, 0.5) is 4.79 Å². The molecule has 0 saturated carbocycles. The minimum Gasteiger partial charge on any atom is -0.462 e. The summed E-state index contributed by atoms with van der Waals surface area (Å²) in [4.78, 5) is 22.0. The average Bonchev–Trinajstić information content (AvgIpc) is 2.77. The summed E-state index contributed by atoms with van der Waals surface area (Å²) in [5.41, 5.74) is 0. The highest BCUT2D eigenvalue weighted by Gasteiger charge is 2.26. The van der Waals surface area contributed by atoms with E-state index in [1.807, 2.05) is 0 Å². The van der Waals surface area contributed by atoms with E-state index in [0.717, 1.165) is 12.8 Å². The maximum atomic E-state index is 11.4. The molecule has 1 aliphatic heterocycles. The van der Waals surface area contributed by atoms with Gasteiger partial charge in [0, 0.05) is 6.42 Å². The third kappa shape index (κ3) is 6.47. The highest BCUT2D eigenvalue weighted by Crippen LogP contribution is 2.09. The summed E-state index contributed by atoms with van der Waals surface area (Å²) < 4.78 is 14.3. The summed E-state index contributed by atoms with van der Waals surface area (Å²) in [6.45, 7) is 2.44. The Balaban J connectivity index is 1.92. The normalized spacial score (nSPS) is 18.3. The molecular formula is C13H22O5. The van der Waals surface area contributed by atoms with Crippen molar-refractivity contribution in [3.05, 3.63) is 0 Å². The summed E-state index contributed by atoms with van der Waals surface area (Å²) in [5, 5.41) is 0. The van der Waals surface area contributed by atoms with Crippen molar-refractivity contribution in [2.24, 2.45) is 0 Å². The summed E-state index contributed by atoms with van der Waals surface area (Å²) >= 11 is 0. The van der Waals surface area contributed by atoms with Gasteiger partial charge in [0.25, 0.3) is 0 Å².